The number of carbonyl (C=O) groups excluding carboxylic acids is 1. The van der Waals surface area contributed by atoms with Gasteiger partial charge < -0.3 is 14.8 Å². The highest BCUT2D eigenvalue weighted by Crippen LogP contribution is 2.37. The number of hydrogen-bond acceptors (Lipinski definition) is 4. The fourth-order valence-electron chi connectivity index (χ4n) is 3.92. The summed E-state index contributed by atoms with van der Waals surface area (Å²) in [6.45, 7) is 4.72. The van der Waals surface area contributed by atoms with Crippen LogP contribution in [0.25, 0.3) is 0 Å². The van der Waals surface area contributed by atoms with Crippen LogP contribution in [0.2, 0.25) is 0 Å². The molecule has 2 aromatic rings. The smallest absolute Gasteiger partial charge is 0.238 e. The summed E-state index contributed by atoms with van der Waals surface area (Å²) in [7, 11) is 0. The van der Waals surface area contributed by atoms with Gasteiger partial charge >= 0.3 is 0 Å². The van der Waals surface area contributed by atoms with Crippen LogP contribution >= 0.6 is 22.6 Å². The lowest BCUT2D eigenvalue weighted by Crippen LogP contribution is -2.33. The number of likely N-dealkylation sites (tertiary alicyclic amines) is 1. The Bertz CT molecular complexity index is 871. The molecule has 2 aliphatic heterocycles. The maximum absolute atomic E-state index is 12.7. The van der Waals surface area contributed by atoms with Crippen LogP contribution in [0.1, 0.15) is 36.4 Å². The third-order valence-electron chi connectivity index (χ3n) is 5.33. The highest BCUT2D eigenvalue weighted by molar-refractivity contribution is 14.1. The van der Waals surface area contributed by atoms with Gasteiger partial charge in [-0.2, -0.15) is 0 Å². The van der Waals surface area contributed by atoms with Gasteiger partial charge in [-0.15, -0.1) is 0 Å². The number of amides is 1. The van der Waals surface area contributed by atoms with Crippen molar-refractivity contribution >= 4 is 34.2 Å². The second-order valence-corrected chi connectivity index (χ2v) is 8.64. The van der Waals surface area contributed by atoms with E-state index in [2.05, 4.69) is 51.0 Å². The summed E-state index contributed by atoms with van der Waals surface area (Å²) in [4.78, 5) is 14.9. The minimum Gasteiger partial charge on any atom is -0.490 e. The van der Waals surface area contributed by atoms with Gasteiger partial charge in [0.05, 0.1) is 19.8 Å². The molecule has 28 heavy (non-hydrogen) atoms. The monoisotopic (exact) mass is 492 g/mol. The van der Waals surface area contributed by atoms with Gasteiger partial charge in [0, 0.05) is 21.7 Å². The van der Waals surface area contributed by atoms with Crippen LogP contribution < -0.4 is 14.8 Å². The quantitative estimate of drug-likeness (QED) is 0.638. The van der Waals surface area contributed by atoms with Gasteiger partial charge in [0.2, 0.25) is 5.91 Å². The molecule has 0 bridgehead atoms. The maximum atomic E-state index is 12.7. The molecule has 0 unspecified atom stereocenters. The average Bonchev–Trinajstić information content (AvgIpc) is 2.99. The topological polar surface area (TPSA) is 50.8 Å². The van der Waals surface area contributed by atoms with Gasteiger partial charge in [0.1, 0.15) is 0 Å². The van der Waals surface area contributed by atoms with Crippen molar-refractivity contribution in [1.82, 2.24) is 4.90 Å². The minimum absolute atomic E-state index is 0.0329. The lowest BCUT2D eigenvalue weighted by molar-refractivity contribution is -0.117. The number of nitrogens with zero attached hydrogens (tertiary/aromatic N) is 1. The Morgan fingerprint density at radius 2 is 1.96 bits per heavy atom. The number of ether oxygens (including phenoxy) is 2. The standard InChI is InChI=1S/C22H25IN2O3/c1-15-12-17(23)6-7-18(15)24-22(26)14-25-9-2-4-19(25)16-5-8-20-21(13-16)28-11-3-10-27-20/h5-8,12-13,19H,2-4,9-11,14H2,1H3,(H,24,26)/t19-/m1/s1. The molecule has 0 radical (unpaired) electrons. The fourth-order valence-corrected chi connectivity index (χ4v) is 4.57. The number of halogens is 1. The molecule has 5 nitrogen and oxygen atoms in total. The number of rotatable bonds is 4. The summed E-state index contributed by atoms with van der Waals surface area (Å²) in [5.74, 6) is 1.67. The van der Waals surface area contributed by atoms with Gasteiger partial charge in [-0.25, -0.2) is 0 Å². The van der Waals surface area contributed by atoms with E-state index in [0.717, 1.165) is 48.6 Å². The normalized spacial score (nSPS) is 19.3. The SMILES string of the molecule is Cc1cc(I)ccc1NC(=O)CN1CCC[C@@H]1c1ccc2c(c1)OCCCO2. The Morgan fingerprint density at radius 1 is 1.14 bits per heavy atom. The number of nitrogens with one attached hydrogen (secondary N) is 1. The maximum Gasteiger partial charge on any atom is 0.238 e. The second kappa shape index (κ2) is 8.69. The van der Waals surface area contributed by atoms with E-state index in [9.17, 15) is 4.79 Å². The van der Waals surface area contributed by atoms with Crippen LogP contribution in [0, 0.1) is 10.5 Å². The summed E-state index contributed by atoms with van der Waals surface area (Å²) in [5.41, 5.74) is 3.16. The van der Waals surface area contributed by atoms with Crippen LogP contribution in [-0.2, 0) is 4.79 Å². The van der Waals surface area contributed by atoms with E-state index in [0.29, 0.717) is 19.8 Å². The number of aryl methyl sites for hydroxylation is 1. The zero-order valence-electron chi connectivity index (χ0n) is 16.0. The van der Waals surface area contributed by atoms with Crippen molar-refractivity contribution in [3.8, 4) is 11.5 Å². The lowest BCUT2D eigenvalue weighted by Gasteiger charge is -2.25. The Labute approximate surface area is 179 Å². The van der Waals surface area contributed by atoms with E-state index in [1.165, 1.54) is 9.13 Å². The van der Waals surface area contributed by atoms with Crippen LogP contribution in [0.15, 0.2) is 36.4 Å². The second-order valence-electron chi connectivity index (χ2n) is 7.39. The third-order valence-corrected chi connectivity index (χ3v) is 6.00. The molecule has 2 aromatic carbocycles. The van der Waals surface area contributed by atoms with Crippen molar-refractivity contribution < 1.29 is 14.3 Å². The summed E-state index contributed by atoms with van der Waals surface area (Å²) in [5, 5.41) is 3.07. The zero-order chi connectivity index (χ0) is 19.5. The molecule has 2 heterocycles. The average molecular weight is 492 g/mol. The molecule has 1 fully saturated rings. The molecule has 0 saturated carbocycles. The van der Waals surface area contributed by atoms with Crippen molar-refractivity contribution in [1.29, 1.82) is 0 Å². The predicted molar refractivity (Wildman–Crippen MR) is 118 cm³/mol. The lowest BCUT2D eigenvalue weighted by atomic mass is 10.0. The summed E-state index contributed by atoms with van der Waals surface area (Å²) in [6.07, 6.45) is 3.04. The molecule has 1 saturated heterocycles. The van der Waals surface area contributed by atoms with Crippen LogP contribution in [0.3, 0.4) is 0 Å². The van der Waals surface area contributed by atoms with Gasteiger partial charge in [-0.05, 0) is 90.4 Å². The van der Waals surface area contributed by atoms with Crippen molar-refractivity contribution in [3.63, 3.8) is 0 Å². The molecular formula is C22H25IN2O3. The molecule has 0 aliphatic carbocycles. The van der Waals surface area contributed by atoms with E-state index < -0.39 is 0 Å². The Kier molecular flexibility index (Phi) is 6.06. The van der Waals surface area contributed by atoms with E-state index in [4.69, 9.17) is 9.47 Å². The number of anilines is 1. The highest BCUT2D eigenvalue weighted by atomic mass is 127. The zero-order valence-corrected chi connectivity index (χ0v) is 18.2. The van der Waals surface area contributed by atoms with Crippen molar-refractivity contribution in [2.24, 2.45) is 0 Å². The Hall–Kier alpha value is -1.80. The number of hydrogen-bond donors (Lipinski definition) is 1. The van der Waals surface area contributed by atoms with Gasteiger partial charge in [-0.3, -0.25) is 9.69 Å². The fraction of sp³-hybridized carbons (Fsp3) is 0.409. The Balaban J connectivity index is 1.45. The third kappa shape index (κ3) is 4.43. The van der Waals surface area contributed by atoms with Crippen LogP contribution in [0.4, 0.5) is 5.69 Å². The molecule has 0 aromatic heterocycles. The molecule has 1 N–H and O–H groups in total. The predicted octanol–water partition coefficient (Wildman–Crippen LogP) is 4.54. The molecular weight excluding hydrogens is 467 g/mol. The first-order valence-corrected chi connectivity index (χ1v) is 10.9. The van der Waals surface area contributed by atoms with E-state index in [1.807, 2.05) is 25.1 Å². The first kappa shape index (κ1) is 19.5. The number of benzene rings is 2. The highest BCUT2D eigenvalue weighted by Gasteiger charge is 2.28. The molecule has 1 amide bonds. The number of fused-ring (bicyclic) bond motifs is 1. The van der Waals surface area contributed by atoms with Crippen molar-refractivity contribution in [2.75, 3.05) is 31.6 Å². The van der Waals surface area contributed by atoms with Gasteiger partial charge in [0.15, 0.2) is 11.5 Å². The summed E-state index contributed by atoms with van der Waals surface area (Å²) in [6, 6.07) is 12.5. The minimum atomic E-state index is 0.0329. The van der Waals surface area contributed by atoms with Crippen LogP contribution in [0.5, 0.6) is 11.5 Å². The largest absolute Gasteiger partial charge is 0.490 e. The van der Waals surface area contributed by atoms with Crippen molar-refractivity contribution in [2.45, 2.75) is 32.2 Å². The van der Waals surface area contributed by atoms with Crippen molar-refractivity contribution in [3.05, 3.63) is 51.1 Å². The first-order valence-electron chi connectivity index (χ1n) is 9.80. The summed E-state index contributed by atoms with van der Waals surface area (Å²) < 4.78 is 12.8. The first-order chi connectivity index (χ1) is 13.6. The Morgan fingerprint density at radius 3 is 2.79 bits per heavy atom. The molecule has 6 heteroatoms. The van der Waals surface area contributed by atoms with Gasteiger partial charge in [0.25, 0.3) is 0 Å². The molecule has 0 spiro atoms. The molecule has 4 rings (SSSR count). The molecule has 1 atom stereocenters. The van der Waals surface area contributed by atoms with E-state index >= 15 is 0 Å². The van der Waals surface area contributed by atoms with Crippen LogP contribution in [-0.4, -0.2) is 37.1 Å². The summed E-state index contributed by atoms with van der Waals surface area (Å²) >= 11 is 2.28. The van der Waals surface area contributed by atoms with E-state index in [1.54, 1.807) is 0 Å². The van der Waals surface area contributed by atoms with Gasteiger partial charge in [-0.1, -0.05) is 6.07 Å². The number of carbonyl (C=O) groups is 1. The molecule has 148 valence electrons. The van der Waals surface area contributed by atoms with E-state index in [-0.39, 0.29) is 11.9 Å². The molecule has 2 aliphatic rings.